The minimum absolute atomic E-state index is 0.418. The monoisotopic (exact) mass is 340 g/mol. The van der Waals surface area contributed by atoms with E-state index in [2.05, 4.69) is 10.6 Å². The van der Waals surface area contributed by atoms with E-state index in [1.807, 2.05) is 27.9 Å². The number of amides is 2. The Bertz CT molecular complexity index is 660. The molecule has 4 nitrogen and oxygen atoms in total. The third-order valence-electron chi connectivity index (χ3n) is 2.78. The fraction of sp³-hybridized carbons (Fsp3) is 0.250. The summed E-state index contributed by atoms with van der Waals surface area (Å²) < 4.78 is 0. The number of imide groups is 1. The molecule has 1 aliphatic heterocycles. The lowest BCUT2D eigenvalue weighted by molar-refractivity contribution is 0.0845. The molecule has 22 heavy (non-hydrogen) atoms. The van der Waals surface area contributed by atoms with Crippen LogP contribution in [0.1, 0.15) is 34.6 Å². The van der Waals surface area contributed by atoms with E-state index in [-0.39, 0.29) is 0 Å². The molecule has 0 unspecified atom stereocenters. The lowest BCUT2D eigenvalue weighted by atomic mass is 9.95. The van der Waals surface area contributed by atoms with Gasteiger partial charge in [-0.05, 0) is 38.4 Å². The van der Waals surface area contributed by atoms with Crippen LogP contribution < -0.4 is 10.6 Å². The molecule has 2 aromatic carbocycles. The van der Waals surface area contributed by atoms with E-state index in [1.165, 1.54) is 0 Å². The molecule has 0 radical (unpaired) electrons. The molecule has 0 fully saturated rings. The van der Waals surface area contributed by atoms with Gasteiger partial charge >= 0.3 is 0 Å². The molecule has 1 heterocycles. The number of rotatable bonds is 0. The summed E-state index contributed by atoms with van der Waals surface area (Å²) in [6.45, 7) is 4.00. The largest absolute Gasteiger partial charge is 0.323 e. The summed E-state index contributed by atoms with van der Waals surface area (Å²) in [5, 5.41) is 6.95. The van der Waals surface area contributed by atoms with Gasteiger partial charge in [0, 0.05) is 31.9 Å². The highest BCUT2D eigenvalue weighted by molar-refractivity contribution is 6.44. The molecule has 0 aliphatic carbocycles. The predicted octanol–water partition coefficient (Wildman–Crippen LogP) is 3.89. The molecule has 2 N–H and O–H groups in total. The van der Waals surface area contributed by atoms with E-state index < -0.39 is 11.8 Å². The van der Waals surface area contributed by atoms with E-state index in [4.69, 9.17) is 23.2 Å². The van der Waals surface area contributed by atoms with Crippen molar-refractivity contribution in [3.63, 3.8) is 0 Å². The fourth-order valence-electron chi connectivity index (χ4n) is 2.03. The summed E-state index contributed by atoms with van der Waals surface area (Å²) >= 11 is 12.1. The maximum absolute atomic E-state index is 11.7. The van der Waals surface area contributed by atoms with Crippen LogP contribution in [0.2, 0.25) is 10.0 Å². The highest BCUT2D eigenvalue weighted by Crippen LogP contribution is 2.36. The molecule has 0 bridgehead atoms. The summed E-state index contributed by atoms with van der Waals surface area (Å²) in [5.74, 6) is -0.849. The molecule has 0 saturated heterocycles. The molecule has 118 valence electrons. The molecule has 2 aromatic rings. The van der Waals surface area contributed by atoms with Gasteiger partial charge in [0.05, 0.1) is 0 Å². The lowest BCUT2D eigenvalue weighted by Gasteiger charge is -2.17. The molecule has 3 rings (SSSR count). The van der Waals surface area contributed by atoms with Crippen molar-refractivity contribution in [3.8, 4) is 0 Å². The zero-order valence-corrected chi connectivity index (χ0v) is 14.4. The second-order valence-corrected chi connectivity index (χ2v) is 5.04. The van der Waals surface area contributed by atoms with Crippen LogP contribution in [0, 0.1) is 0 Å². The SMILES string of the molecule is CC.CNC.O=C1NC(=O)c2ccc(Cl)c3c(Cl)ccc1c23. The smallest absolute Gasteiger partial charge is 0.258 e. The minimum Gasteiger partial charge on any atom is -0.323 e. The van der Waals surface area contributed by atoms with Crippen molar-refractivity contribution < 1.29 is 9.59 Å². The van der Waals surface area contributed by atoms with Gasteiger partial charge in [-0.3, -0.25) is 14.9 Å². The van der Waals surface area contributed by atoms with E-state index in [0.29, 0.717) is 31.9 Å². The predicted molar refractivity (Wildman–Crippen MR) is 92.1 cm³/mol. The normalized spacial score (nSPS) is 11.9. The quantitative estimate of drug-likeness (QED) is 0.715. The summed E-state index contributed by atoms with van der Waals surface area (Å²) in [6.07, 6.45) is 0. The number of nitrogens with one attached hydrogen (secondary N) is 2. The molecule has 0 spiro atoms. The molecule has 2 amide bonds. The van der Waals surface area contributed by atoms with Gasteiger partial charge in [-0.2, -0.15) is 0 Å². The van der Waals surface area contributed by atoms with Gasteiger partial charge in [0.2, 0.25) is 0 Å². The maximum atomic E-state index is 11.7. The maximum Gasteiger partial charge on any atom is 0.258 e. The third kappa shape index (κ3) is 3.40. The van der Waals surface area contributed by atoms with E-state index in [1.54, 1.807) is 24.3 Å². The number of carbonyl (C=O) groups excluding carboxylic acids is 2. The summed E-state index contributed by atoms with van der Waals surface area (Å²) in [6, 6.07) is 6.38. The molecule has 0 saturated carbocycles. The second-order valence-electron chi connectivity index (χ2n) is 4.22. The van der Waals surface area contributed by atoms with Gasteiger partial charge < -0.3 is 5.32 Å². The van der Waals surface area contributed by atoms with Crippen LogP contribution in [-0.2, 0) is 0 Å². The van der Waals surface area contributed by atoms with Gasteiger partial charge in [-0.25, -0.2) is 0 Å². The van der Waals surface area contributed by atoms with Crippen molar-refractivity contribution in [1.82, 2.24) is 10.6 Å². The first-order valence-electron chi connectivity index (χ1n) is 6.86. The number of hydrogen-bond donors (Lipinski definition) is 2. The topological polar surface area (TPSA) is 58.2 Å². The van der Waals surface area contributed by atoms with Crippen LogP contribution in [-0.4, -0.2) is 25.9 Å². The molecule has 6 heteroatoms. The van der Waals surface area contributed by atoms with Gasteiger partial charge in [-0.1, -0.05) is 37.0 Å². The van der Waals surface area contributed by atoms with Crippen molar-refractivity contribution in [2.75, 3.05) is 14.1 Å². The van der Waals surface area contributed by atoms with Crippen molar-refractivity contribution in [3.05, 3.63) is 45.4 Å². The van der Waals surface area contributed by atoms with Crippen LogP contribution >= 0.6 is 23.2 Å². The molecular weight excluding hydrogens is 323 g/mol. The average molecular weight is 341 g/mol. The Labute approximate surface area is 139 Å². The summed E-state index contributed by atoms with van der Waals surface area (Å²) in [4.78, 5) is 23.4. The van der Waals surface area contributed by atoms with Crippen LogP contribution in [0.4, 0.5) is 0 Å². The highest BCUT2D eigenvalue weighted by Gasteiger charge is 2.26. The van der Waals surface area contributed by atoms with Crippen LogP contribution in [0.5, 0.6) is 0 Å². The van der Waals surface area contributed by atoms with Gasteiger partial charge in [-0.15, -0.1) is 0 Å². The molecule has 0 aromatic heterocycles. The van der Waals surface area contributed by atoms with Crippen molar-refractivity contribution >= 4 is 45.8 Å². The van der Waals surface area contributed by atoms with Gasteiger partial charge in [0.1, 0.15) is 0 Å². The molecule has 1 aliphatic rings. The summed E-state index contributed by atoms with van der Waals surface area (Å²) in [5.41, 5.74) is 0.836. The highest BCUT2D eigenvalue weighted by atomic mass is 35.5. The Morgan fingerprint density at radius 3 is 1.55 bits per heavy atom. The van der Waals surface area contributed by atoms with Crippen LogP contribution in [0.15, 0.2) is 24.3 Å². The van der Waals surface area contributed by atoms with Gasteiger partial charge in [0.15, 0.2) is 0 Å². The average Bonchev–Trinajstić information content (AvgIpc) is 2.49. The zero-order chi connectivity index (χ0) is 16.9. The standard InChI is InChI=1S/C12H5Cl2NO2.C2H7N.C2H6/c13-7-3-1-5-9-6(12(17)15-11(5)16)2-4-8(14)10(7)9;1-3-2;1-2/h1-4H,(H,15,16,17);3H,1-2H3;1-2H3. The Morgan fingerprint density at radius 1 is 0.818 bits per heavy atom. The molecule has 0 atom stereocenters. The second kappa shape index (κ2) is 8.13. The van der Waals surface area contributed by atoms with Crippen molar-refractivity contribution in [2.45, 2.75) is 13.8 Å². The first kappa shape index (κ1) is 18.4. The van der Waals surface area contributed by atoms with Gasteiger partial charge in [0.25, 0.3) is 11.8 Å². The number of carbonyl (C=O) groups is 2. The van der Waals surface area contributed by atoms with Crippen molar-refractivity contribution in [2.24, 2.45) is 0 Å². The summed E-state index contributed by atoms with van der Waals surface area (Å²) in [7, 11) is 3.75. The number of benzene rings is 2. The zero-order valence-electron chi connectivity index (χ0n) is 12.9. The van der Waals surface area contributed by atoms with E-state index >= 15 is 0 Å². The number of hydrogen-bond acceptors (Lipinski definition) is 3. The fourth-order valence-corrected chi connectivity index (χ4v) is 2.60. The first-order valence-corrected chi connectivity index (χ1v) is 7.61. The lowest BCUT2D eigenvalue weighted by Crippen LogP contribution is -2.34. The Hall–Kier alpha value is -1.62. The Balaban J connectivity index is 0.000000435. The first-order chi connectivity index (χ1) is 10.5. The van der Waals surface area contributed by atoms with E-state index in [9.17, 15) is 9.59 Å². The van der Waals surface area contributed by atoms with Crippen LogP contribution in [0.25, 0.3) is 10.8 Å². The Kier molecular flexibility index (Phi) is 6.81. The minimum atomic E-state index is -0.425. The van der Waals surface area contributed by atoms with Crippen molar-refractivity contribution in [1.29, 1.82) is 0 Å². The third-order valence-corrected chi connectivity index (χ3v) is 3.41. The Morgan fingerprint density at radius 2 is 1.18 bits per heavy atom. The van der Waals surface area contributed by atoms with E-state index in [0.717, 1.165) is 0 Å². The molecular formula is C16H18Cl2N2O2. The van der Waals surface area contributed by atoms with Crippen LogP contribution in [0.3, 0.4) is 0 Å². The number of halogens is 2.